The highest BCUT2D eigenvalue weighted by Crippen LogP contribution is 2.38. The molecule has 0 bridgehead atoms. The third-order valence-electron chi connectivity index (χ3n) is 9.69. The molecule has 0 radical (unpaired) electrons. The van der Waals surface area contributed by atoms with Crippen LogP contribution in [-0.2, 0) is 32.7 Å². The normalized spacial score (nSPS) is 18.9. The van der Waals surface area contributed by atoms with Gasteiger partial charge in [0.1, 0.15) is 6.10 Å². The lowest BCUT2D eigenvalue weighted by molar-refractivity contribution is -0.209. The Hall–Kier alpha value is -5.51. The van der Waals surface area contributed by atoms with E-state index in [-0.39, 0.29) is 24.4 Å². The summed E-state index contributed by atoms with van der Waals surface area (Å²) in [5.41, 5.74) is 2.94. The van der Waals surface area contributed by atoms with Crippen LogP contribution in [0.15, 0.2) is 79.5 Å². The molecule has 5 aromatic rings. The molecule has 1 saturated carbocycles. The number of esters is 1. The first kappa shape index (κ1) is 37.3. The second-order valence-electron chi connectivity index (χ2n) is 13.2. The highest BCUT2D eigenvalue weighted by molar-refractivity contribution is 5.85. The van der Waals surface area contributed by atoms with Crippen LogP contribution in [0.1, 0.15) is 56.5 Å². The number of rotatable bonds is 14. The minimum absolute atomic E-state index is 0.0656. The molecular formula is C37H42F3N9O4. The number of benzene rings is 2. The third-order valence-corrected chi connectivity index (χ3v) is 9.69. The Bertz CT molecular complexity index is 1980. The van der Waals surface area contributed by atoms with Gasteiger partial charge in [-0.3, -0.25) is 4.79 Å². The van der Waals surface area contributed by atoms with Gasteiger partial charge in [0.05, 0.1) is 30.4 Å². The number of carbonyl (C=O) groups is 2. The van der Waals surface area contributed by atoms with Gasteiger partial charge in [-0.05, 0) is 31.4 Å². The summed E-state index contributed by atoms with van der Waals surface area (Å²) in [6.45, 7) is 7.29. The molecule has 1 aliphatic carbocycles. The number of halogens is 3. The molecule has 2 aromatic carbocycles. The topological polar surface area (TPSA) is 161 Å². The molecule has 16 heteroatoms. The van der Waals surface area contributed by atoms with Crippen molar-refractivity contribution in [2.45, 2.75) is 82.5 Å². The highest BCUT2D eigenvalue weighted by atomic mass is 19.4. The van der Waals surface area contributed by atoms with Gasteiger partial charge in [-0.15, -0.1) is 0 Å². The van der Waals surface area contributed by atoms with Gasteiger partial charge in [-0.1, -0.05) is 67.6 Å². The Labute approximate surface area is 304 Å². The molecule has 280 valence electrons. The minimum Gasteiger partial charge on any atom is -0.451 e. The number of carbonyl (C=O) groups excluding carboxylic acids is 2. The summed E-state index contributed by atoms with van der Waals surface area (Å²) in [6.07, 6.45) is -2.99. The predicted octanol–water partition coefficient (Wildman–Crippen LogP) is 4.79. The van der Waals surface area contributed by atoms with E-state index in [1.165, 1.54) is 10.9 Å². The number of aryl methyl sites for hydroxylation is 1. The van der Waals surface area contributed by atoms with Crippen molar-refractivity contribution < 1.29 is 32.6 Å². The lowest BCUT2D eigenvalue weighted by Gasteiger charge is -2.31. The first-order valence-electron chi connectivity index (χ1n) is 17.5. The lowest BCUT2D eigenvalue weighted by atomic mass is 9.76. The van der Waals surface area contributed by atoms with E-state index in [9.17, 15) is 27.9 Å². The summed E-state index contributed by atoms with van der Waals surface area (Å²) < 4.78 is 48.6. The number of hydrogen-bond donors (Lipinski definition) is 4. The van der Waals surface area contributed by atoms with Crippen molar-refractivity contribution in [2.75, 3.05) is 23.7 Å². The molecule has 4 atom stereocenters. The number of imidazole rings is 2. The second-order valence-corrected chi connectivity index (χ2v) is 13.2. The molecule has 53 heavy (non-hydrogen) atoms. The first-order chi connectivity index (χ1) is 25.4. The van der Waals surface area contributed by atoms with E-state index in [0.717, 1.165) is 23.4 Å². The van der Waals surface area contributed by atoms with Crippen LogP contribution in [0.5, 0.6) is 0 Å². The Kier molecular flexibility index (Phi) is 11.0. The standard InChI is InChI=1S/C37H42F3N9O4/c1-4-28(50)45-26-18-27(31(30(26)51)53-34(52)37(38,39)40)49-22-44-29-32(46-35(47-33(29)49)41-17-16-25-19-48(5-2)21-43-25)42-20-36(3,23-12-8-6-9-13-23)24-14-10-7-11-15-24/h6-15,19,21-22,26-27,30-31,51H,4-5,16-18,20H2,1-3H3,(H,45,50)(H2,41,42,46,47)/t26-,27+,30+,31-/m0/s1. The van der Waals surface area contributed by atoms with Crippen LogP contribution >= 0.6 is 0 Å². The fraction of sp³-hybridized carbons (Fsp3) is 0.405. The number of anilines is 2. The Morgan fingerprint density at radius 2 is 1.64 bits per heavy atom. The summed E-state index contributed by atoms with van der Waals surface area (Å²) in [5.74, 6) is -2.32. The molecule has 3 aromatic heterocycles. The van der Waals surface area contributed by atoms with E-state index < -0.39 is 47.8 Å². The zero-order valence-corrected chi connectivity index (χ0v) is 29.5. The second kappa shape index (κ2) is 15.6. The number of amides is 1. The molecule has 1 fully saturated rings. The van der Waals surface area contributed by atoms with Gasteiger partial charge >= 0.3 is 12.1 Å². The summed E-state index contributed by atoms with van der Waals surface area (Å²) in [5, 5.41) is 20.5. The number of ether oxygens (including phenoxy) is 1. The fourth-order valence-corrected chi connectivity index (χ4v) is 6.67. The first-order valence-corrected chi connectivity index (χ1v) is 17.5. The van der Waals surface area contributed by atoms with Crippen molar-refractivity contribution in [1.29, 1.82) is 0 Å². The van der Waals surface area contributed by atoms with Crippen molar-refractivity contribution in [3.63, 3.8) is 0 Å². The van der Waals surface area contributed by atoms with Gasteiger partial charge in [0, 0.05) is 44.1 Å². The zero-order valence-electron chi connectivity index (χ0n) is 29.5. The van der Waals surface area contributed by atoms with Gasteiger partial charge < -0.3 is 34.9 Å². The van der Waals surface area contributed by atoms with Crippen LogP contribution in [0.2, 0.25) is 0 Å². The minimum atomic E-state index is -5.31. The molecule has 13 nitrogen and oxygen atoms in total. The van der Waals surface area contributed by atoms with E-state index >= 15 is 0 Å². The van der Waals surface area contributed by atoms with Crippen molar-refractivity contribution in [2.24, 2.45) is 0 Å². The van der Waals surface area contributed by atoms with Gasteiger partial charge in [-0.25, -0.2) is 14.8 Å². The summed E-state index contributed by atoms with van der Waals surface area (Å²) in [7, 11) is 0. The fourth-order valence-electron chi connectivity index (χ4n) is 6.67. The molecule has 6 rings (SSSR count). The van der Waals surface area contributed by atoms with E-state index in [2.05, 4.69) is 32.8 Å². The molecule has 0 saturated heterocycles. The largest absolute Gasteiger partial charge is 0.490 e. The van der Waals surface area contributed by atoms with Crippen molar-refractivity contribution in [1.82, 2.24) is 34.4 Å². The number of alkyl halides is 3. The number of hydrogen-bond acceptors (Lipinski definition) is 10. The van der Waals surface area contributed by atoms with Crippen molar-refractivity contribution in [3.05, 3.63) is 96.3 Å². The monoisotopic (exact) mass is 733 g/mol. The van der Waals surface area contributed by atoms with Gasteiger partial charge in [0.15, 0.2) is 23.1 Å². The molecule has 0 spiro atoms. The zero-order chi connectivity index (χ0) is 37.8. The van der Waals surface area contributed by atoms with Crippen molar-refractivity contribution >= 4 is 34.8 Å². The lowest BCUT2D eigenvalue weighted by Crippen LogP contribution is -2.45. The van der Waals surface area contributed by atoms with Crippen LogP contribution in [0, 0.1) is 0 Å². The molecule has 1 amide bonds. The van der Waals surface area contributed by atoms with Crippen LogP contribution in [0.3, 0.4) is 0 Å². The number of nitrogens with one attached hydrogen (secondary N) is 3. The van der Waals surface area contributed by atoms with Gasteiger partial charge in [0.25, 0.3) is 0 Å². The van der Waals surface area contributed by atoms with E-state index in [1.54, 1.807) is 13.3 Å². The maximum atomic E-state index is 13.4. The number of aromatic nitrogens is 6. The maximum absolute atomic E-state index is 13.4. The molecule has 3 heterocycles. The van der Waals surface area contributed by atoms with Gasteiger partial charge in [0.2, 0.25) is 11.9 Å². The SMILES string of the molecule is CCC(=O)N[C@H]1C[C@@H](n2cnc3c(NCC(C)(c4ccccc4)c4ccccc4)nc(NCCc4cn(CC)cn4)nc32)[C@H](OC(=O)C(F)(F)F)[C@@H]1O. The number of aliphatic hydroxyl groups excluding tert-OH is 1. The quantitative estimate of drug-likeness (QED) is 0.117. The summed E-state index contributed by atoms with van der Waals surface area (Å²) >= 11 is 0. The average Bonchev–Trinajstić information content (AvgIpc) is 3.88. The predicted molar refractivity (Wildman–Crippen MR) is 191 cm³/mol. The molecule has 0 aliphatic heterocycles. The van der Waals surface area contributed by atoms with Crippen LogP contribution in [-0.4, -0.2) is 83.6 Å². The summed E-state index contributed by atoms with van der Waals surface area (Å²) in [6, 6.07) is 17.9. The summed E-state index contributed by atoms with van der Waals surface area (Å²) in [4.78, 5) is 42.9. The average molecular weight is 734 g/mol. The van der Waals surface area contributed by atoms with Crippen molar-refractivity contribution in [3.8, 4) is 0 Å². The maximum Gasteiger partial charge on any atom is 0.490 e. The number of aliphatic hydroxyl groups is 1. The number of nitrogens with zero attached hydrogens (tertiary/aromatic N) is 6. The number of fused-ring (bicyclic) bond motifs is 1. The Balaban J connectivity index is 1.39. The van der Waals surface area contributed by atoms with Crippen LogP contribution in [0.4, 0.5) is 24.9 Å². The van der Waals surface area contributed by atoms with E-state index in [1.807, 2.05) is 78.4 Å². The van der Waals surface area contributed by atoms with Crippen LogP contribution in [0.25, 0.3) is 11.2 Å². The highest BCUT2D eigenvalue weighted by Gasteiger charge is 2.51. The molecule has 4 N–H and O–H groups in total. The Morgan fingerprint density at radius 1 is 0.962 bits per heavy atom. The molecular weight excluding hydrogens is 691 g/mol. The molecule has 0 unspecified atom stereocenters. The smallest absolute Gasteiger partial charge is 0.451 e. The molecule has 1 aliphatic rings. The van der Waals surface area contributed by atoms with Crippen LogP contribution < -0.4 is 16.0 Å². The third kappa shape index (κ3) is 8.11. The van der Waals surface area contributed by atoms with E-state index in [4.69, 9.17) is 14.7 Å². The Morgan fingerprint density at radius 3 is 2.25 bits per heavy atom. The van der Waals surface area contributed by atoms with E-state index in [0.29, 0.717) is 30.8 Å². The van der Waals surface area contributed by atoms with Gasteiger partial charge in [-0.2, -0.15) is 23.1 Å².